The fourth-order valence-electron chi connectivity index (χ4n) is 1.30. The molecule has 1 aromatic rings. The molecule has 1 aromatic carbocycles. The molecule has 1 rings (SSSR count). The molecule has 0 bridgehead atoms. The van der Waals surface area contributed by atoms with E-state index < -0.39 is 11.8 Å². The molecule has 19 heavy (non-hydrogen) atoms. The number of nitrogens with zero attached hydrogens (tertiary/aromatic N) is 1. The van der Waals surface area contributed by atoms with E-state index in [1.165, 1.54) is 30.2 Å². The summed E-state index contributed by atoms with van der Waals surface area (Å²) in [4.78, 5) is 23.3. The summed E-state index contributed by atoms with van der Waals surface area (Å²) in [6, 6.07) is 4.41. The van der Waals surface area contributed by atoms with Gasteiger partial charge in [-0.25, -0.2) is 4.39 Å². The van der Waals surface area contributed by atoms with Crippen LogP contribution in [-0.2, 0) is 9.59 Å². The normalized spacial score (nSPS) is 10.7. The molecule has 1 N–H and O–H groups in total. The Morgan fingerprint density at radius 3 is 2.79 bits per heavy atom. The minimum absolute atomic E-state index is 0.111. The van der Waals surface area contributed by atoms with E-state index in [4.69, 9.17) is 5.11 Å². The molecule has 0 spiro atoms. The van der Waals surface area contributed by atoms with Crippen LogP contribution in [0.15, 0.2) is 28.7 Å². The summed E-state index contributed by atoms with van der Waals surface area (Å²) in [6.07, 6.45) is 2.45. The average Bonchev–Trinajstić information content (AvgIpc) is 2.36. The predicted octanol–water partition coefficient (Wildman–Crippen LogP) is 2.53. The van der Waals surface area contributed by atoms with E-state index >= 15 is 0 Å². The summed E-state index contributed by atoms with van der Waals surface area (Å²) >= 11 is 3.21. The maximum atomic E-state index is 13.4. The number of aliphatic carboxylic acids is 1. The van der Waals surface area contributed by atoms with Gasteiger partial charge < -0.3 is 10.0 Å². The van der Waals surface area contributed by atoms with Gasteiger partial charge in [0, 0.05) is 29.7 Å². The fraction of sp³-hybridized carbons (Fsp3) is 0.231. The van der Waals surface area contributed by atoms with Crippen LogP contribution >= 0.6 is 15.9 Å². The zero-order valence-corrected chi connectivity index (χ0v) is 11.9. The zero-order valence-electron chi connectivity index (χ0n) is 10.3. The van der Waals surface area contributed by atoms with Crippen molar-refractivity contribution < 1.29 is 19.1 Å². The SMILES string of the molecule is CN(CCC(=O)O)C(=O)C=Cc1cc(Br)ccc1F. The number of hydrogen-bond donors (Lipinski definition) is 1. The number of rotatable bonds is 5. The third-order valence-electron chi connectivity index (χ3n) is 2.40. The summed E-state index contributed by atoms with van der Waals surface area (Å²) in [7, 11) is 1.49. The summed E-state index contributed by atoms with van der Waals surface area (Å²) in [5.41, 5.74) is 0.286. The second-order valence-electron chi connectivity index (χ2n) is 3.90. The number of carboxylic acid groups (broad SMARTS) is 1. The molecule has 0 aliphatic rings. The molecule has 0 saturated heterocycles. The molecular formula is C13H13BrFNO3. The summed E-state index contributed by atoms with van der Waals surface area (Å²) < 4.78 is 14.1. The second kappa shape index (κ2) is 7.04. The van der Waals surface area contributed by atoms with Crippen LogP contribution in [0.5, 0.6) is 0 Å². The lowest BCUT2D eigenvalue weighted by Crippen LogP contribution is -2.27. The van der Waals surface area contributed by atoms with Crippen molar-refractivity contribution in [3.8, 4) is 0 Å². The van der Waals surface area contributed by atoms with E-state index in [9.17, 15) is 14.0 Å². The number of carbonyl (C=O) groups excluding carboxylic acids is 1. The highest BCUT2D eigenvalue weighted by molar-refractivity contribution is 9.10. The lowest BCUT2D eigenvalue weighted by Gasteiger charge is -2.13. The van der Waals surface area contributed by atoms with Crippen LogP contribution in [0.4, 0.5) is 4.39 Å². The van der Waals surface area contributed by atoms with E-state index in [0.29, 0.717) is 4.47 Å². The van der Waals surface area contributed by atoms with Crippen molar-refractivity contribution in [3.63, 3.8) is 0 Å². The Bertz CT molecular complexity index is 517. The molecule has 0 heterocycles. The van der Waals surface area contributed by atoms with Crippen LogP contribution in [0.25, 0.3) is 6.08 Å². The summed E-state index contributed by atoms with van der Waals surface area (Å²) in [6.45, 7) is 0.111. The number of hydrogen-bond acceptors (Lipinski definition) is 2. The van der Waals surface area contributed by atoms with Crippen molar-refractivity contribution >= 4 is 33.9 Å². The Labute approximate surface area is 118 Å². The van der Waals surface area contributed by atoms with E-state index in [1.807, 2.05) is 0 Å². The van der Waals surface area contributed by atoms with Crippen molar-refractivity contribution in [3.05, 3.63) is 40.1 Å². The highest BCUT2D eigenvalue weighted by Crippen LogP contribution is 2.16. The minimum atomic E-state index is -0.971. The smallest absolute Gasteiger partial charge is 0.305 e. The van der Waals surface area contributed by atoms with E-state index in [1.54, 1.807) is 12.1 Å². The molecule has 0 atom stereocenters. The lowest BCUT2D eigenvalue weighted by atomic mass is 10.2. The van der Waals surface area contributed by atoms with Crippen LogP contribution in [-0.4, -0.2) is 35.5 Å². The fourth-order valence-corrected chi connectivity index (χ4v) is 1.68. The third kappa shape index (κ3) is 5.21. The van der Waals surface area contributed by atoms with Crippen molar-refractivity contribution in [1.29, 1.82) is 0 Å². The van der Waals surface area contributed by atoms with E-state index in [0.717, 1.165) is 0 Å². The Balaban J connectivity index is 2.67. The topological polar surface area (TPSA) is 57.6 Å². The molecule has 0 saturated carbocycles. The van der Waals surface area contributed by atoms with E-state index in [-0.39, 0.29) is 24.4 Å². The third-order valence-corrected chi connectivity index (χ3v) is 2.89. The maximum Gasteiger partial charge on any atom is 0.305 e. The van der Waals surface area contributed by atoms with E-state index in [2.05, 4.69) is 15.9 Å². The standard InChI is InChI=1S/C13H13BrFNO3/c1-16(7-6-13(18)19)12(17)5-2-9-8-10(14)3-4-11(9)15/h2-5,8H,6-7H2,1H3,(H,18,19). The molecule has 1 amide bonds. The molecule has 6 heteroatoms. The van der Waals surface area contributed by atoms with Gasteiger partial charge in [0.1, 0.15) is 5.82 Å². The first kappa shape index (κ1) is 15.4. The van der Waals surface area contributed by atoms with Crippen LogP contribution in [0.2, 0.25) is 0 Å². The Morgan fingerprint density at radius 1 is 1.47 bits per heavy atom. The van der Waals surface area contributed by atoms with Gasteiger partial charge in [0.15, 0.2) is 0 Å². The van der Waals surface area contributed by atoms with Gasteiger partial charge in [-0.3, -0.25) is 9.59 Å². The number of halogens is 2. The molecule has 0 radical (unpaired) electrons. The van der Waals surface area contributed by atoms with Crippen LogP contribution in [0.3, 0.4) is 0 Å². The van der Waals surface area contributed by atoms with Crippen LogP contribution in [0.1, 0.15) is 12.0 Å². The quantitative estimate of drug-likeness (QED) is 0.844. The molecule has 0 aliphatic carbocycles. The van der Waals surface area contributed by atoms with Crippen molar-refractivity contribution in [2.45, 2.75) is 6.42 Å². The summed E-state index contributed by atoms with van der Waals surface area (Å²) in [5.74, 6) is -1.78. The molecule has 0 aromatic heterocycles. The molecule has 0 fully saturated rings. The van der Waals surface area contributed by atoms with Gasteiger partial charge in [-0.05, 0) is 24.3 Å². The van der Waals surface area contributed by atoms with Gasteiger partial charge in [-0.2, -0.15) is 0 Å². The number of carbonyl (C=O) groups is 2. The van der Waals surface area contributed by atoms with Crippen LogP contribution < -0.4 is 0 Å². The second-order valence-corrected chi connectivity index (χ2v) is 4.82. The van der Waals surface area contributed by atoms with Crippen molar-refractivity contribution in [2.24, 2.45) is 0 Å². The van der Waals surface area contributed by atoms with Crippen molar-refractivity contribution in [1.82, 2.24) is 4.90 Å². The van der Waals surface area contributed by atoms with Crippen LogP contribution in [0, 0.1) is 5.82 Å². The first-order chi connectivity index (χ1) is 8.90. The maximum absolute atomic E-state index is 13.4. The summed E-state index contributed by atoms with van der Waals surface area (Å²) in [5, 5.41) is 8.51. The van der Waals surface area contributed by atoms with Gasteiger partial charge in [-0.15, -0.1) is 0 Å². The largest absolute Gasteiger partial charge is 0.481 e. The lowest BCUT2D eigenvalue weighted by molar-refractivity contribution is -0.137. The number of amides is 1. The average molecular weight is 330 g/mol. The highest BCUT2D eigenvalue weighted by Gasteiger charge is 2.07. The molecule has 0 unspecified atom stereocenters. The molecule has 4 nitrogen and oxygen atoms in total. The van der Waals surface area contributed by atoms with Gasteiger partial charge in [0.2, 0.25) is 5.91 Å². The van der Waals surface area contributed by atoms with Gasteiger partial charge in [0.05, 0.1) is 6.42 Å². The number of benzene rings is 1. The first-order valence-electron chi connectivity index (χ1n) is 5.50. The predicted molar refractivity (Wildman–Crippen MR) is 73.0 cm³/mol. The number of carboxylic acids is 1. The van der Waals surface area contributed by atoms with Gasteiger partial charge in [-0.1, -0.05) is 15.9 Å². The zero-order chi connectivity index (χ0) is 14.4. The molecular weight excluding hydrogens is 317 g/mol. The Morgan fingerprint density at radius 2 is 2.16 bits per heavy atom. The monoisotopic (exact) mass is 329 g/mol. The van der Waals surface area contributed by atoms with Gasteiger partial charge >= 0.3 is 5.97 Å². The molecule has 0 aliphatic heterocycles. The van der Waals surface area contributed by atoms with Gasteiger partial charge in [0.25, 0.3) is 0 Å². The Kier molecular flexibility index (Phi) is 5.69. The first-order valence-corrected chi connectivity index (χ1v) is 6.29. The highest BCUT2D eigenvalue weighted by atomic mass is 79.9. The number of likely N-dealkylation sites (N-methyl/N-ethyl adjacent to an activating group) is 1. The van der Waals surface area contributed by atoms with Crippen molar-refractivity contribution in [2.75, 3.05) is 13.6 Å². The molecule has 102 valence electrons. The minimum Gasteiger partial charge on any atom is -0.481 e. The Hall–Kier alpha value is -1.69.